The van der Waals surface area contributed by atoms with Crippen LogP contribution >= 0.6 is 0 Å². The number of benzene rings is 2. The molecule has 0 aliphatic rings. The Bertz CT molecular complexity index is 551. The lowest BCUT2D eigenvalue weighted by Gasteiger charge is -2.44. The van der Waals surface area contributed by atoms with Crippen LogP contribution in [0.4, 0.5) is 0 Å². The fourth-order valence-corrected chi connectivity index (χ4v) is 8.83. The molecule has 0 aliphatic heterocycles. The molecule has 0 saturated heterocycles. The minimum atomic E-state index is -1.91. The lowest BCUT2D eigenvalue weighted by Crippen LogP contribution is -2.64. The Morgan fingerprint density at radius 2 is 1.24 bits per heavy atom. The van der Waals surface area contributed by atoms with Gasteiger partial charge in [-0.15, -0.1) is 6.58 Å². The average molecular weight is 295 g/mol. The Hall–Kier alpha value is -1.60. The van der Waals surface area contributed by atoms with E-state index in [1.54, 1.807) is 0 Å². The van der Waals surface area contributed by atoms with Crippen LogP contribution in [-0.4, -0.2) is 8.07 Å². The molecular formula is C20H26Si. The molecule has 0 nitrogen and oxygen atoms in total. The molecular weight excluding hydrogens is 268 g/mol. The molecule has 2 aromatic carbocycles. The molecule has 0 fully saturated rings. The molecule has 110 valence electrons. The SMILES string of the molecule is C=C(C)C[Si](c1ccccc1)(c1ccccc1)C(C)(C)C. The van der Waals surface area contributed by atoms with Crippen LogP contribution in [0.1, 0.15) is 27.7 Å². The van der Waals surface area contributed by atoms with Gasteiger partial charge in [0.05, 0.1) is 0 Å². The van der Waals surface area contributed by atoms with E-state index in [2.05, 4.69) is 94.9 Å². The molecule has 0 bridgehead atoms. The minimum Gasteiger partial charge on any atom is -0.100 e. The van der Waals surface area contributed by atoms with Gasteiger partial charge in [-0.05, 0) is 18.0 Å². The van der Waals surface area contributed by atoms with Crippen LogP contribution in [0.25, 0.3) is 0 Å². The third kappa shape index (κ3) is 3.03. The summed E-state index contributed by atoms with van der Waals surface area (Å²) in [7, 11) is -1.91. The fourth-order valence-electron chi connectivity index (χ4n) is 3.40. The van der Waals surface area contributed by atoms with Crippen LogP contribution in [0.15, 0.2) is 72.8 Å². The monoisotopic (exact) mass is 294 g/mol. The summed E-state index contributed by atoms with van der Waals surface area (Å²) in [5.74, 6) is 0. The van der Waals surface area contributed by atoms with Crippen molar-refractivity contribution >= 4 is 18.4 Å². The first-order chi connectivity index (χ1) is 9.88. The zero-order valence-electron chi connectivity index (χ0n) is 13.7. The van der Waals surface area contributed by atoms with Crippen molar-refractivity contribution < 1.29 is 0 Å². The average Bonchev–Trinajstić information content (AvgIpc) is 2.45. The minimum absolute atomic E-state index is 0.231. The van der Waals surface area contributed by atoms with Crippen LogP contribution in [0.3, 0.4) is 0 Å². The summed E-state index contributed by atoms with van der Waals surface area (Å²) in [5, 5.41) is 3.24. The van der Waals surface area contributed by atoms with Crippen LogP contribution in [0.2, 0.25) is 11.1 Å². The van der Waals surface area contributed by atoms with Crippen LogP contribution in [0.5, 0.6) is 0 Å². The normalized spacial score (nSPS) is 12.2. The van der Waals surface area contributed by atoms with Gasteiger partial charge in [-0.1, -0.05) is 97.4 Å². The van der Waals surface area contributed by atoms with Gasteiger partial charge in [-0.3, -0.25) is 0 Å². The van der Waals surface area contributed by atoms with E-state index in [9.17, 15) is 0 Å². The van der Waals surface area contributed by atoms with Crippen molar-refractivity contribution in [2.45, 2.75) is 38.8 Å². The van der Waals surface area contributed by atoms with E-state index in [0.717, 1.165) is 6.04 Å². The Balaban J connectivity index is 2.75. The molecule has 2 aromatic rings. The van der Waals surface area contributed by atoms with Crippen molar-refractivity contribution in [1.82, 2.24) is 0 Å². The summed E-state index contributed by atoms with van der Waals surface area (Å²) in [4.78, 5) is 0. The van der Waals surface area contributed by atoms with Gasteiger partial charge in [0.2, 0.25) is 0 Å². The second-order valence-corrected chi connectivity index (χ2v) is 11.8. The summed E-state index contributed by atoms with van der Waals surface area (Å²) in [6.45, 7) is 13.6. The molecule has 0 atom stereocenters. The Labute approximate surface area is 130 Å². The molecule has 1 heteroatoms. The fraction of sp³-hybridized carbons (Fsp3) is 0.300. The summed E-state index contributed by atoms with van der Waals surface area (Å²) < 4.78 is 0. The summed E-state index contributed by atoms with van der Waals surface area (Å²) in [6, 6.07) is 23.3. The van der Waals surface area contributed by atoms with Gasteiger partial charge in [0.1, 0.15) is 8.07 Å². The Kier molecular flexibility index (Phi) is 4.53. The zero-order chi connectivity index (χ0) is 15.5. The molecule has 0 radical (unpaired) electrons. The number of allylic oxidation sites excluding steroid dienone is 1. The molecule has 0 heterocycles. The van der Waals surface area contributed by atoms with E-state index in [1.807, 2.05) is 0 Å². The lowest BCUT2D eigenvalue weighted by atomic mass is 10.2. The van der Waals surface area contributed by atoms with E-state index in [0.29, 0.717) is 0 Å². The molecule has 0 saturated carbocycles. The highest BCUT2D eigenvalue weighted by atomic mass is 28.3. The maximum atomic E-state index is 4.24. The smallest absolute Gasteiger partial charge is 0.100 e. The van der Waals surface area contributed by atoms with Crippen molar-refractivity contribution in [2.75, 3.05) is 0 Å². The van der Waals surface area contributed by atoms with Gasteiger partial charge < -0.3 is 0 Å². The van der Waals surface area contributed by atoms with Gasteiger partial charge in [-0.25, -0.2) is 0 Å². The number of hydrogen-bond acceptors (Lipinski definition) is 0. The molecule has 0 N–H and O–H groups in total. The van der Waals surface area contributed by atoms with Crippen LogP contribution in [-0.2, 0) is 0 Å². The quantitative estimate of drug-likeness (QED) is 0.570. The molecule has 2 rings (SSSR count). The van der Waals surface area contributed by atoms with Crippen molar-refractivity contribution in [3.63, 3.8) is 0 Å². The predicted octanol–water partition coefficient (Wildman–Crippen LogP) is 4.63. The van der Waals surface area contributed by atoms with Crippen molar-refractivity contribution in [1.29, 1.82) is 0 Å². The molecule has 0 amide bonds. The number of rotatable bonds is 4. The molecule has 0 unspecified atom stereocenters. The van der Waals surface area contributed by atoms with Gasteiger partial charge in [-0.2, -0.15) is 0 Å². The van der Waals surface area contributed by atoms with E-state index < -0.39 is 8.07 Å². The second-order valence-electron chi connectivity index (χ2n) is 7.02. The Morgan fingerprint density at radius 1 is 0.857 bits per heavy atom. The summed E-state index contributed by atoms with van der Waals surface area (Å²) in [6.07, 6.45) is 0. The summed E-state index contributed by atoms with van der Waals surface area (Å²) >= 11 is 0. The first kappa shape index (κ1) is 15.8. The first-order valence-electron chi connectivity index (χ1n) is 7.63. The van der Waals surface area contributed by atoms with Gasteiger partial charge in [0.15, 0.2) is 0 Å². The summed E-state index contributed by atoms with van der Waals surface area (Å²) in [5.41, 5.74) is 1.28. The van der Waals surface area contributed by atoms with E-state index in [4.69, 9.17) is 0 Å². The zero-order valence-corrected chi connectivity index (χ0v) is 14.7. The Morgan fingerprint density at radius 3 is 1.52 bits per heavy atom. The van der Waals surface area contributed by atoms with Gasteiger partial charge >= 0.3 is 0 Å². The van der Waals surface area contributed by atoms with Crippen molar-refractivity contribution in [3.8, 4) is 0 Å². The first-order valence-corrected chi connectivity index (χ1v) is 9.84. The number of hydrogen-bond donors (Lipinski definition) is 0. The molecule has 21 heavy (non-hydrogen) atoms. The highest BCUT2D eigenvalue weighted by Crippen LogP contribution is 2.39. The lowest BCUT2D eigenvalue weighted by molar-refractivity contribution is 0.728. The van der Waals surface area contributed by atoms with E-state index in [-0.39, 0.29) is 5.04 Å². The van der Waals surface area contributed by atoms with Gasteiger partial charge in [0.25, 0.3) is 0 Å². The highest BCUT2D eigenvalue weighted by molar-refractivity contribution is 7.04. The van der Waals surface area contributed by atoms with Crippen LogP contribution in [0, 0.1) is 0 Å². The molecule has 0 aliphatic carbocycles. The van der Waals surface area contributed by atoms with Crippen molar-refractivity contribution in [3.05, 3.63) is 72.8 Å². The predicted molar refractivity (Wildman–Crippen MR) is 97.2 cm³/mol. The largest absolute Gasteiger partial charge is 0.127 e. The van der Waals surface area contributed by atoms with E-state index >= 15 is 0 Å². The molecule has 0 spiro atoms. The standard InChI is InChI=1S/C20H26Si/c1-17(2)16-21(20(3,4)5,18-12-8-6-9-13-18)19-14-10-7-11-15-19/h6-15H,1,16H2,2-5H3. The molecule has 0 aromatic heterocycles. The maximum absolute atomic E-state index is 4.24. The van der Waals surface area contributed by atoms with Crippen LogP contribution < -0.4 is 10.4 Å². The van der Waals surface area contributed by atoms with E-state index in [1.165, 1.54) is 15.9 Å². The maximum Gasteiger partial charge on any atom is 0.127 e. The van der Waals surface area contributed by atoms with Crippen molar-refractivity contribution in [2.24, 2.45) is 0 Å². The van der Waals surface area contributed by atoms with Gasteiger partial charge in [0, 0.05) is 0 Å². The highest BCUT2D eigenvalue weighted by Gasteiger charge is 2.46. The third-order valence-corrected chi connectivity index (χ3v) is 10.7. The third-order valence-electron chi connectivity index (χ3n) is 4.38. The topological polar surface area (TPSA) is 0 Å². The second kappa shape index (κ2) is 6.03.